The van der Waals surface area contributed by atoms with E-state index in [-0.39, 0.29) is 0 Å². The van der Waals surface area contributed by atoms with Gasteiger partial charge in [-0.1, -0.05) is 146 Å². The van der Waals surface area contributed by atoms with Crippen LogP contribution in [0, 0.1) is 0 Å². The van der Waals surface area contributed by atoms with Crippen LogP contribution < -0.4 is 4.90 Å². The zero-order valence-electron chi connectivity index (χ0n) is 32.1. The predicted octanol–water partition coefficient (Wildman–Crippen LogP) is 16.3. The lowest BCUT2D eigenvalue weighted by molar-refractivity contribution is 1.19. The molecule has 59 heavy (non-hydrogen) atoms. The average molecular weight is 769 g/mol. The van der Waals surface area contributed by atoms with Crippen molar-refractivity contribution < 1.29 is 0 Å². The van der Waals surface area contributed by atoms with Crippen molar-refractivity contribution in [2.75, 3.05) is 4.90 Å². The van der Waals surface area contributed by atoms with Gasteiger partial charge in [-0.25, -0.2) is 0 Å². The van der Waals surface area contributed by atoms with Crippen LogP contribution in [0.4, 0.5) is 17.1 Å². The zero-order valence-corrected chi connectivity index (χ0v) is 32.9. The lowest BCUT2D eigenvalue weighted by Gasteiger charge is -2.26. The van der Waals surface area contributed by atoms with Gasteiger partial charge in [-0.05, 0) is 111 Å². The lowest BCUT2D eigenvalue weighted by atomic mass is 10.00. The van der Waals surface area contributed by atoms with Crippen molar-refractivity contribution in [3.63, 3.8) is 0 Å². The SMILES string of the molecule is c1ccc2cc(-c3ccc(N(c4ccc(-c5cc(-n6c7ccccc7c7ccccc76)cc6c5sc5ccccc56)cc4)c4ccc5ccccc5c4)cc3)ccc2c1. The van der Waals surface area contributed by atoms with Crippen LogP contribution >= 0.6 is 11.3 Å². The molecule has 0 aliphatic heterocycles. The Balaban J connectivity index is 1.01. The summed E-state index contributed by atoms with van der Waals surface area (Å²) in [6.45, 7) is 0. The molecule has 3 heteroatoms. The summed E-state index contributed by atoms with van der Waals surface area (Å²) in [5, 5.41) is 10.1. The Kier molecular flexibility index (Phi) is 7.75. The largest absolute Gasteiger partial charge is 0.310 e. The van der Waals surface area contributed by atoms with Gasteiger partial charge in [0.05, 0.1) is 11.0 Å². The molecule has 0 spiro atoms. The third-order valence-corrected chi connectivity index (χ3v) is 13.2. The maximum absolute atomic E-state index is 2.44. The summed E-state index contributed by atoms with van der Waals surface area (Å²) in [7, 11) is 0. The van der Waals surface area contributed by atoms with Crippen LogP contribution in [0.2, 0.25) is 0 Å². The highest BCUT2D eigenvalue weighted by Crippen LogP contribution is 2.44. The Morgan fingerprint density at radius 1 is 0.339 bits per heavy atom. The molecule has 2 aromatic heterocycles. The van der Waals surface area contributed by atoms with Gasteiger partial charge < -0.3 is 9.47 Å². The molecule has 0 bridgehead atoms. The van der Waals surface area contributed by atoms with Gasteiger partial charge in [0.25, 0.3) is 0 Å². The summed E-state index contributed by atoms with van der Waals surface area (Å²) in [5.74, 6) is 0. The van der Waals surface area contributed by atoms with Crippen molar-refractivity contribution in [1.29, 1.82) is 0 Å². The molecule has 0 unspecified atom stereocenters. The van der Waals surface area contributed by atoms with E-state index in [0.29, 0.717) is 0 Å². The third kappa shape index (κ3) is 5.62. The van der Waals surface area contributed by atoms with Gasteiger partial charge in [-0.15, -0.1) is 11.3 Å². The van der Waals surface area contributed by atoms with Gasteiger partial charge in [0, 0.05) is 59.3 Å². The number of hydrogen-bond donors (Lipinski definition) is 0. The Bertz CT molecular complexity index is 3500. The first-order valence-electron chi connectivity index (χ1n) is 20.2. The second kappa shape index (κ2) is 13.6. The Hall–Kier alpha value is -7.46. The number of hydrogen-bond acceptors (Lipinski definition) is 2. The van der Waals surface area contributed by atoms with E-state index in [2.05, 4.69) is 228 Å². The number of para-hydroxylation sites is 2. The fourth-order valence-corrected chi connectivity index (χ4v) is 10.3. The van der Waals surface area contributed by atoms with Gasteiger partial charge in [0.15, 0.2) is 0 Å². The monoisotopic (exact) mass is 768 g/mol. The molecule has 0 fully saturated rings. The topological polar surface area (TPSA) is 8.17 Å². The summed E-state index contributed by atoms with van der Waals surface area (Å²) in [4.78, 5) is 2.38. The van der Waals surface area contributed by atoms with E-state index >= 15 is 0 Å². The van der Waals surface area contributed by atoms with Crippen LogP contribution in [0.3, 0.4) is 0 Å². The molecule has 0 aliphatic carbocycles. The van der Waals surface area contributed by atoms with E-state index in [4.69, 9.17) is 0 Å². The minimum atomic E-state index is 1.11. The normalized spacial score (nSPS) is 11.7. The smallest absolute Gasteiger partial charge is 0.0541 e. The highest BCUT2D eigenvalue weighted by atomic mass is 32.1. The van der Waals surface area contributed by atoms with Crippen molar-refractivity contribution in [3.8, 4) is 27.9 Å². The van der Waals surface area contributed by atoms with E-state index in [1.807, 2.05) is 11.3 Å². The number of fused-ring (bicyclic) bond motifs is 8. The van der Waals surface area contributed by atoms with E-state index in [1.54, 1.807) is 0 Å². The summed E-state index contributed by atoms with van der Waals surface area (Å²) in [6, 6.07) is 80.0. The van der Waals surface area contributed by atoms with E-state index in [0.717, 1.165) is 17.1 Å². The molecule has 10 aromatic carbocycles. The molecule has 0 N–H and O–H groups in total. The molecular weight excluding hydrogens is 733 g/mol. The maximum atomic E-state index is 2.44. The van der Waals surface area contributed by atoms with Gasteiger partial charge in [-0.2, -0.15) is 0 Å². The highest BCUT2D eigenvalue weighted by molar-refractivity contribution is 7.26. The van der Waals surface area contributed by atoms with Gasteiger partial charge in [0.2, 0.25) is 0 Å². The van der Waals surface area contributed by atoms with Gasteiger partial charge in [0.1, 0.15) is 0 Å². The van der Waals surface area contributed by atoms with Crippen LogP contribution in [0.5, 0.6) is 0 Å². The first kappa shape index (κ1) is 33.7. The fraction of sp³-hybridized carbons (Fsp3) is 0. The summed E-state index contributed by atoms with van der Waals surface area (Å²) >= 11 is 1.88. The molecule has 276 valence electrons. The quantitative estimate of drug-likeness (QED) is 0.164. The molecular formula is C56H36N2S. The zero-order chi connectivity index (χ0) is 38.9. The molecule has 12 rings (SSSR count). The summed E-state index contributed by atoms with van der Waals surface area (Å²) in [5.41, 5.74) is 11.8. The molecule has 0 saturated carbocycles. The van der Waals surface area contributed by atoms with E-state index in [1.165, 1.54) is 91.5 Å². The second-order valence-electron chi connectivity index (χ2n) is 15.4. The number of rotatable bonds is 6. The molecule has 0 amide bonds. The Labute approximate surface area is 346 Å². The molecule has 2 heterocycles. The molecule has 0 atom stereocenters. The van der Waals surface area contributed by atoms with E-state index < -0.39 is 0 Å². The number of aromatic nitrogens is 1. The average Bonchev–Trinajstić information content (AvgIpc) is 3.85. The minimum absolute atomic E-state index is 1.11. The van der Waals surface area contributed by atoms with Gasteiger partial charge in [-0.3, -0.25) is 0 Å². The van der Waals surface area contributed by atoms with Crippen molar-refractivity contribution in [3.05, 3.63) is 218 Å². The second-order valence-corrected chi connectivity index (χ2v) is 16.4. The molecule has 2 nitrogen and oxygen atoms in total. The first-order chi connectivity index (χ1) is 29.2. The number of benzene rings is 10. The Morgan fingerprint density at radius 3 is 1.53 bits per heavy atom. The van der Waals surface area contributed by atoms with Crippen LogP contribution in [0.25, 0.3) is 91.5 Å². The van der Waals surface area contributed by atoms with E-state index in [9.17, 15) is 0 Å². The lowest BCUT2D eigenvalue weighted by Crippen LogP contribution is -2.09. The van der Waals surface area contributed by atoms with Crippen molar-refractivity contribution in [1.82, 2.24) is 4.57 Å². The summed E-state index contributed by atoms with van der Waals surface area (Å²) < 4.78 is 5.05. The van der Waals surface area contributed by atoms with Gasteiger partial charge >= 0.3 is 0 Å². The molecule has 0 radical (unpaired) electrons. The van der Waals surface area contributed by atoms with Crippen molar-refractivity contribution >= 4 is 91.9 Å². The number of nitrogens with zero attached hydrogens (tertiary/aromatic N) is 2. The third-order valence-electron chi connectivity index (χ3n) is 11.9. The summed E-state index contributed by atoms with van der Waals surface area (Å²) in [6.07, 6.45) is 0. The van der Waals surface area contributed by atoms with Crippen LogP contribution in [0.15, 0.2) is 218 Å². The maximum Gasteiger partial charge on any atom is 0.0541 e. The van der Waals surface area contributed by atoms with Crippen LogP contribution in [0.1, 0.15) is 0 Å². The molecule has 0 saturated heterocycles. The standard InChI is InChI=1S/C56H36N2S/c1-3-13-41-33-43(22-21-37(41)11-1)39-23-28-44(29-24-39)57(46-32-25-38-12-2-4-14-42(38)34-46)45-30-26-40(27-31-45)51-35-47(36-52-50-17-7-10-20-55(50)59-56(51)52)58-53-18-8-5-15-48(53)49-16-6-9-19-54(49)58/h1-36H. The number of anilines is 3. The van der Waals surface area contributed by atoms with Crippen LogP contribution in [-0.4, -0.2) is 4.57 Å². The predicted molar refractivity (Wildman–Crippen MR) is 254 cm³/mol. The van der Waals surface area contributed by atoms with Crippen molar-refractivity contribution in [2.24, 2.45) is 0 Å². The van der Waals surface area contributed by atoms with Crippen molar-refractivity contribution in [2.45, 2.75) is 0 Å². The first-order valence-corrected chi connectivity index (χ1v) is 21.0. The molecule has 12 aromatic rings. The number of thiophene rings is 1. The molecule has 0 aliphatic rings. The van der Waals surface area contributed by atoms with Crippen LogP contribution in [-0.2, 0) is 0 Å². The Morgan fingerprint density at radius 2 is 0.847 bits per heavy atom. The highest BCUT2D eigenvalue weighted by Gasteiger charge is 2.19. The fourth-order valence-electron chi connectivity index (χ4n) is 9.08. The minimum Gasteiger partial charge on any atom is -0.310 e.